The molecule has 120 valence electrons. The number of methoxy groups -OCH3 is 1. The van der Waals surface area contributed by atoms with Crippen LogP contribution in [-0.4, -0.2) is 19.2 Å². The molecule has 0 aliphatic carbocycles. The summed E-state index contributed by atoms with van der Waals surface area (Å²) in [6, 6.07) is 10.1. The molecule has 0 radical (unpaired) electrons. The molecule has 0 aliphatic heterocycles. The summed E-state index contributed by atoms with van der Waals surface area (Å²) in [5.74, 6) is 0.329. The standard InChI is InChI=1S/C16H13Cl3N2O2/c1-23-13-4-5-14(18)11(6-13)7-16(22)21-20-9-10-2-3-12(17)8-15(10)19/h2-6,8-9H,7H2,1H3,(H,21,22)/b20-9+. The number of rotatable bonds is 5. The average Bonchev–Trinajstić information content (AvgIpc) is 2.51. The van der Waals surface area contributed by atoms with E-state index in [2.05, 4.69) is 10.5 Å². The molecular weight excluding hydrogens is 359 g/mol. The molecule has 1 N–H and O–H groups in total. The number of carbonyl (C=O) groups is 1. The Bertz CT molecular complexity index is 748. The van der Waals surface area contributed by atoms with Crippen LogP contribution in [-0.2, 0) is 11.2 Å². The van der Waals surface area contributed by atoms with Gasteiger partial charge in [0.2, 0.25) is 5.91 Å². The van der Waals surface area contributed by atoms with E-state index in [0.717, 1.165) is 0 Å². The molecule has 0 saturated carbocycles. The monoisotopic (exact) mass is 370 g/mol. The van der Waals surface area contributed by atoms with Gasteiger partial charge in [0.05, 0.1) is 24.8 Å². The summed E-state index contributed by atoms with van der Waals surface area (Å²) in [6.07, 6.45) is 1.53. The fraction of sp³-hybridized carbons (Fsp3) is 0.125. The summed E-state index contributed by atoms with van der Waals surface area (Å²) in [6.45, 7) is 0. The lowest BCUT2D eigenvalue weighted by Gasteiger charge is -2.06. The Morgan fingerprint density at radius 1 is 1.17 bits per heavy atom. The third-order valence-corrected chi connectivity index (χ3v) is 3.89. The van der Waals surface area contributed by atoms with E-state index >= 15 is 0 Å². The minimum Gasteiger partial charge on any atom is -0.497 e. The van der Waals surface area contributed by atoms with Gasteiger partial charge in [0.15, 0.2) is 0 Å². The van der Waals surface area contributed by atoms with Crippen LogP contribution in [0.2, 0.25) is 15.1 Å². The van der Waals surface area contributed by atoms with Crippen LogP contribution in [0.15, 0.2) is 41.5 Å². The van der Waals surface area contributed by atoms with Crippen molar-refractivity contribution in [2.24, 2.45) is 5.10 Å². The van der Waals surface area contributed by atoms with E-state index in [-0.39, 0.29) is 12.3 Å². The second kappa shape index (κ2) is 8.20. The van der Waals surface area contributed by atoms with Crippen molar-refractivity contribution in [3.8, 4) is 5.75 Å². The normalized spacial score (nSPS) is 10.8. The van der Waals surface area contributed by atoms with E-state index in [1.807, 2.05) is 0 Å². The number of nitrogens with zero attached hydrogens (tertiary/aromatic N) is 1. The highest BCUT2D eigenvalue weighted by molar-refractivity contribution is 6.36. The number of carbonyl (C=O) groups excluding carboxylic acids is 1. The number of hydrogen-bond donors (Lipinski definition) is 1. The Labute approximate surface area is 149 Å². The van der Waals surface area contributed by atoms with Crippen molar-refractivity contribution in [2.45, 2.75) is 6.42 Å². The number of ether oxygens (including phenoxy) is 1. The van der Waals surface area contributed by atoms with Crippen molar-refractivity contribution in [3.63, 3.8) is 0 Å². The Morgan fingerprint density at radius 3 is 2.65 bits per heavy atom. The van der Waals surface area contributed by atoms with Crippen LogP contribution in [0.4, 0.5) is 0 Å². The molecule has 2 rings (SSSR count). The third kappa shape index (κ3) is 5.13. The van der Waals surface area contributed by atoms with Crippen LogP contribution in [0.3, 0.4) is 0 Å². The molecule has 0 atom stereocenters. The number of halogens is 3. The van der Waals surface area contributed by atoms with Gasteiger partial charge in [-0.1, -0.05) is 40.9 Å². The van der Waals surface area contributed by atoms with Crippen molar-refractivity contribution in [2.75, 3.05) is 7.11 Å². The lowest BCUT2D eigenvalue weighted by Crippen LogP contribution is -2.20. The molecule has 0 aliphatic rings. The molecule has 0 heterocycles. The van der Waals surface area contributed by atoms with Crippen LogP contribution < -0.4 is 10.2 Å². The maximum Gasteiger partial charge on any atom is 0.244 e. The molecule has 7 heteroatoms. The van der Waals surface area contributed by atoms with E-state index in [1.54, 1.807) is 43.5 Å². The maximum absolute atomic E-state index is 11.9. The first-order valence-corrected chi connectivity index (χ1v) is 7.72. The first kappa shape index (κ1) is 17.6. The fourth-order valence-electron chi connectivity index (χ4n) is 1.81. The molecule has 2 aromatic carbocycles. The smallest absolute Gasteiger partial charge is 0.244 e. The number of nitrogens with one attached hydrogen (secondary N) is 1. The van der Waals surface area contributed by atoms with Crippen molar-refractivity contribution < 1.29 is 9.53 Å². The van der Waals surface area contributed by atoms with E-state index in [4.69, 9.17) is 39.5 Å². The second-order valence-corrected chi connectivity index (χ2v) is 5.84. The molecule has 0 saturated heterocycles. The molecule has 0 fully saturated rings. The summed E-state index contributed by atoms with van der Waals surface area (Å²) in [5.41, 5.74) is 3.73. The molecule has 0 aromatic heterocycles. The zero-order valence-electron chi connectivity index (χ0n) is 12.1. The van der Waals surface area contributed by atoms with E-state index in [9.17, 15) is 4.79 Å². The predicted molar refractivity (Wildman–Crippen MR) is 93.9 cm³/mol. The van der Waals surface area contributed by atoms with Crippen LogP contribution in [0.5, 0.6) is 5.75 Å². The summed E-state index contributed by atoms with van der Waals surface area (Å²) in [4.78, 5) is 11.9. The Kier molecular flexibility index (Phi) is 6.28. The van der Waals surface area contributed by atoms with Gasteiger partial charge in [-0.2, -0.15) is 5.10 Å². The molecule has 0 unspecified atom stereocenters. The molecule has 0 bridgehead atoms. The van der Waals surface area contributed by atoms with Crippen LogP contribution >= 0.6 is 34.8 Å². The average molecular weight is 372 g/mol. The third-order valence-electron chi connectivity index (χ3n) is 2.96. The number of hydrogen-bond acceptors (Lipinski definition) is 3. The van der Waals surface area contributed by atoms with Gasteiger partial charge in [0, 0.05) is 15.6 Å². The van der Waals surface area contributed by atoms with Gasteiger partial charge in [-0.15, -0.1) is 0 Å². The maximum atomic E-state index is 11.9. The Morgan fingerprint density at radius 2 is 1.96 bits per heavy atom. The number of benzene rings is 2. The van der Waals surface area contributed by atoms with E-state index in [0.29, 0.717) is 31.9 Å². The summed E-state index contributed by atoms with van der Waals surface area (Å²) in [7, 11) is 1.55. The number of hydrazone groups is 1. The lowest BCUT2D eigenvalue weighted by atomic mass is 10.1. The molecule has 1 amide bonds. The van der Waals surface area contributed by atoms with E-state index in [1.165, 1.54) is 6.21 Å². The van der Waals surface area contributed by atoms with Crippen molar-refractivity contribution in [1.29, 1.82) is 0 Å². The molecule has 2 aromatic rings. The van der Waals surface area contributed by atoms with Gasteiger partial charge < -0.3 is 4.74 Å². The van der Waals surface area contributed by atoms with Gasteiger partial charge in [0.1, 0.15) is 5.75 Å². The largest absolute Gasteiger partial charge is 0.497 e. The van der Waals surface area contributed by atoms with Crippen LogP contribution in [0.25, 0.3) is 0 Å². The summed E-state index contributed by atoms with van der Waals surface area (Å²) < 4.78 is 5.11. The molecule has 23 heavy (non-hydrogen) atoms. The van der Waals surface area contributed by atoms with Crippen molar-refractivity contribution in [1.82, 2.24) is 5.43 Å². The first-order chi connectivity index (χ1) is 11.0. The highest BCUT2D eigenvalue weighted by Gasteiger charge is 2.08. The van der Waals surface area contributed by atoms with Crippen molar-refractivity contribution >= 4 is 46.9 Å². The predicted octanol–water partition coefficient (Wildman–Crippen LogP) is 4.35. The Balaban J connectivity index is 1.98. The minimum atomic E-state index is -0.304. The summed E-state index contributed by atoms with van der Waals surface area (Å²) in [5, 5.41) is 5.35. The topological polar surface area (TPSA) is 50.7 Å². The molecule has 4 nitrogen and oxygen atoms in total. The van der Waals surface area contributed by atoms with Gasteiger partial charge in [-0.25, -0.2) is 5.43 Å². The van der Waals surface area contributed by atoms with Gasteiger partial charge in [-0.3, -0.25) is 4.79 Å². The molecule has 0 spiro atoms. The van der Waals surface area contributed by atoms with E-state index < -0.39 is 0 Å². The van der Waals surface area contributed by atoms with Gasteiger partial charge in [0.25, 0.3) is 0 Å². The van der Waals surface area contributed by atoms with Crippen LogP contribution in [0.1, 0.15) is 11.1 Å². The Hall–Kier alpha value is -1.75. The highest BCUT2D eigenvalue weighted by Crippen LogP contribution is 2.22. The van der Waals surface area contributed by atoms with Gasteiger partial charge in [-0.05, 0) is 35.9 Å². The molecular formula is C16H13Cl3N2O2. The first-order valence-electron chi connectivity index (χ1n) is 6.59. The second-order valence-electron chi connectivity index (χ2n) is 4.59. The minimum absolute atomic E-state index is 0.0850. The van der Waals surface area contributed by atoms with Crippen LogP contribution in [0, 0.1) is 0 Å². The quantitative estimate of drug-likeness (QED) is 0.627. The number of amides is 1. The lowest BCUT2D eigenvalue weighted by molar-refractivity contribution is -0.120. The summed E-state index contributed by atoms with van der Waals surface area (Å²) >= 11 is 17.9. The van der Waals surface area contributed by atoms with Crippen molar-refractivity contribution in [3.05, 3.63) is 62.6 Å². The fourth-order valence-corrected chi connectivity index (χ4v) is 2.45. The SMILES string of the molecule is COc1ccc(Cl)c(CC(=O)N/N=C/c2ccc(Cl)cc2Cl)c1. The zero-order valence-corrected chi connectivity index (χ0v) is 14.4. The van der Waals surface area contributed by atoms with Gasteiger partial charge >= 0.3 is 0 Å². The highest BCUT2D eigenvalue weighted by atomic mass is 35.5. The zero-order chi connectivity index (χ0) is 16.8.